The maximum Gasteiger partial charge on any atom is 0.326 e. The first-order valence-electron chi connectivity index (χ1n) is 11.9. The first-order valence-corrected chi connectivity index (χ1v) is 13.3. The minimum Gasteiger partial charge on any atom is -0.481 e. The van der Waals surface area contributed by atoms with Gasteiger partial charge in [0.05, 0.1) is 12.4 Å². The lowest BCUT2D eigenvalue weighted by atomic mass is 10.1. The Hall–Kier alpha value is -3.17. The Morgan fingerprint density at radius 3 is 2.19 bits per heavy atom. The predicted octanol–water partition coefficient (Wildman–Crippen LogP) is -1.43. The molecule has 0 saturated carbocycles. The second-order valence-electron chi connectivity index (χ2n) is 8.41. The van der Waals surface area contributed by atoms with Crippen LogP contribution in [0.15, 0.2) is 12.5 Å². The fraction of sp³-hybridized carbons (Fsp3) is 0.636. The van der Waals surface area contributed by atoms with Crippen LogP contribution in [0.1, 0.15) is 44.2 Å². The molecule has 37 heavy (non-hydrogen) atoms. The summed E-state index contributed by atoms with van der Waals surface area (Å²) in [5, 5.41) is 26.0. The molecule has 0 bridgehead atoms. The van der Waals surface area contributed by atoms with E-state index in [2.05, 4.69) is 25.9 Å². The van der Waals surface area contributed by atoms with Gasteiger partial charge in [-0.15, -0.1) is 0 Å². The van der Waals surface area contributed by atoms with Crippen molar-refractivity contribution in [3.63, 3.8) is 0 Å². The summed E-state index contributed by atoms with van der Waals surface area (Å²) in [5.41, 5.74) is 11.8. The van der Waals surface area contributed by atoms with Crippen LogP contribution in [0.4, 0.5) is 0 Å². The van der Waals surface area contributed by atoms with Crippen LogP contribution in [0.2, 0.25) is 0 Å². The maximum atomic E-state index is 13.1. The number of carboxylic acids is 2. The number of aromatic amines is 1. The van der Waals surface area contributed by atoms with Crippen LogP contribution in [0.25, 0.3) is 0 Å². The van der Waals surface area contributed by atoms with E-state index in [-0.39, 0.29) is 19.3 Å². The largest absolute Gasteiger partial charge is 0.481 e. The molecule has 14 nitrogen and oxygen atoms in total. The molecule has 0 saturated heterocycles. The van der Waals surface area contributed by atoms with Crippen LogP contribution >= 0.6 is 11.8 Å². The van der Waals surface area contributed by atoms with Gasteiger partial charge in [0.1, 0.15) is 18.1 Å². The number of aromatic nitrogens is 2. The highest BCUT2D eigenvalue weighted by molar-refractivity contribution is 7.98. The van der Waals surface area contributed by atoms with Crippen molar-refractivity contribution < 1.29 is 34.2 Å². The molecular weight excluding hydrogens is 506 g/mol. The van der Waals surface area contributed by atoms with E-state index in [0.29, 0.717) is 37.3 Å². The fourth-order valence-corrected chi connectivity index (χ4v) is 3.79. The molecule has 1 aromatic rings. The Morgan fingerprint density at radius 1 is 0.973 bits per heavy atom. The molecule has 0 spiro atoms. The van der Waals surface area contributed by atoms with Crippen molar-refractivity contribution in [2.45, 2.75) is 69.1 Å². The number of nitrogens with two attached hydrogens (primary N) is 2. The minimum absolute atomic E-state index is 0.0510. The van der Waals surface area contributed by atoms with E-state index >= 15 is 0 Å². The molecule has 0 aliphatic rings. The lowest BCUT2D eigenvalue weighted by Crippen LogP contribution is -2.57. The smallest absolute Gasteiger partial charge is 0.326 e. The van der Waals surface area contributed by atoms with E-state index < -0.39 is 60.2 Å². The van der Waals surface area contributed by atoms with Crippen LogP contribution in [-0.4, -0.2) is 92.6 Å². The number of carboxylic acid groups (broad SMARTS) is 2. The summed E-state index contributed by atoms with van der Waals surface area (Å²) in [5.74, 6) is -4.10. The molecule has 208 valence electrons. The Bertz CT molecular complexity index is 885. The van der Waals surface area contributed by atoms with Crippen molar-refractivity contribution in [3.8, 4) is 0 Å². The SMILES string of the molecule is CSCCC(NC(=O)C(Cc1cnc[nH]1)NC(=O)C(CCC(=O)O)NC(=O)C(N)CCCCN)C(=O)O. The van der Waals surface area contributed by atoms with Gasteiger partial charge in [0.2, 0.25) is 17.7 Å². The van der Waals surface area contributed by atoms with Crippen molar-refractivity contribution in [3.05, 3.63) is 18.2 Å². The number of amides is 3. The number of unbranched alkanes of at least 4 members (excludes halogenated alkanes) is 1. The van der Waals surface area contributed by atoms with Crippen LogP contribution in [-0.2, 0) is 30.4 Å². The van der Waals surface area contributed by atoms with E-state index in [0.717, 1.165) is 0 Å². The summed E-state index contributed by atoms with van der Waals surface area (Å²) in [7, 11) is 0. The highest BCUT2D eigenvalue weighted by Crippen LogP contribution is 2.07. The van der Waals surface area contributed by atoms with Crippen molar-refractivity contribution in [2.75, 3.05) is 18.6 Å². The zero-order valence-corrected chi connectivity index (χ0v) is 21.6. The van der Waals surface area contributed by atoms with Gasteiger partial charge in [0.15, 0.2) is 0 Å². The number of aliphatic carboxylic acids is 2. The van der Waals surface area contributed by atoms with E-state index in [4.69, 9.17) is 16.6 Å². The van der Waals surface area contributed by atoms with Crippen molar-refractivity contribution >= 4 is 41.4 Å². The molecule has 0 aliphatic carbocycles. The molecule has 1 rings (SSSR count). The first-order chi connectivity index (χ1) is 17.6. The van der Waals surface area contributed by atoms with Gasteiger partial charge in [0, 0.05) is 24.7 Å². The van der Waals surface area contributed by atoms with Gasteiger partial charge in [-0.3, -0.25) is 19.2 Å². The van der Waals surface area contributed by atoms with Crippen molar-refractivity contribution in [1.82, 2.24) is 25.9 Å². The van der Waals surface area contributed by atoms with Crippen LogP contribution in [0.3, 0.4) is 0 Å². The van der Waals surface area contributed by atoms with Gasteiger partial charge >= 0.3 is 11.9 Å². The summed E-state index contributed by atoms with van der Waals surface area (Å²) >= 11 is 1.42. The molecule has 3 amide bonds. The number of nitrogens with zero attached hydrogens (tertiary/aromatic N) is 1. The molecule has 0 aliphatic heterocycles. The third-order valence-corrected chi connectivity index (χ3v) is 6.07. The quantitative estimate of drug-likeness (QED) is 0.0939. The van der Waals surface area contributed by atoms with Crippen LogP contribution < -0.4 is 27.4 Å². The normalized spacial score (nSPS) is 14.1. The number of nitrogens with one attached hydrogen (secondary N) is 4. The molecule has 4 atom stereocenters. The molecule has 0 fully saturated rings. The van der Waals surface area contributed by atoms with Crippen molar-refractivity contribution in [1.29, 1.82) is 0 Å². The number of H-pyrrole nitrogens is 1. The molecule has 10 N–H and O–H groups in total. The number of rotatable bonds is 19. The topological polar surface area (TPSA) is 243 Å². The van der Waals surface area contributed by atoms with Gasteiger partial charge in [-0.2, -0.15) is 11.8 Å². The number of hydrogen-bond donors (Lipinski definition) is 8. The van der Waals surface area contributed by atoms with Crippen LogP contribution in [0.5, 0.6) is 0 Å². The Balaban J connectivity index is 3.02. The number of carbonyl (C=O) groups is 5. The fourth-order valence-electron chi connectivity index (χ4n) is 3.32. The lowest BCUT2D eigenvalue weighted by molar-refractivity contribution is -0.142. The lowest BCUT2D eigenvalue weighted by Gasteiger charge is -2.25. The predicted molar refractivity (Wildman–Crippen MR) is 136 cm³/mol. The van der Waals surface area contributed by atoms with E-state index in [1.165, 1.54) is 24.3 Å². The third kappa shape index (κ3) is 12.6. The number of imidazole rings is 1. The van der Waals surface area contributed by atoms with E-state index in [1.807, 2.05) is 0 Å². The number of carbonyl (C=O) groups excluding carboxylic acids is 3. The summed E-state index contributed by atoms with van der Waals surface area (Å²) in [6.07, 6.45) is 5.68. The average Bonchev–Trinajstić information content (AvgIpc) is 3.36. The third-order valence-electron chi connectivity index (χ3n) is 5.42. The standard InChI is InChI=1S/C22H37N7O7S/c1-37-9-7-16(22(35)36)28-21(34)17(10-13-11-25-12-26-13)29-20(33)15(5-6-18(30)31)27-19(32)14(24)4-2-3-8-23/h11-12,14-17H,2-10,23-24H2,1H3,(H,25,26)(H,27,32)(H,28,34)(H,29,33)(H,30,31)(H,35,36). The Morgan fingerprint density at radius 2 is 1.62 bits per heavy atom. The highest BCUT2D eigenvalue weighted by Gasteiger charge is 2.31. The molecule has 1 aromatic heterocycles. The van der Waals surface area contributed by atoms with Gasteiger partial charge in [-0.25, -0.2) is 9.78 Å². The second-order valence-corrected chi connectivity index (χ2v) is 9.39. The second kappa shape index (κ2) is 17.3. The van der Waals surface area contributed by atoms with Crippen LogP contribution in [0, 0.1) is 0 Å². The molecule has 1 heterocycles. The van der Waals surface area contributed by atoms with Gasteiger partial charge in [0.25, 0.3) is 0 Å². The summed E-state index contributed by atoms with van der Waals surface area (Å²) < 4.78 is 0. The van der Waals surface area contributed by atoms with Gasteiger partial charge < -0.3 is 42.6 Å². The van der Waals surface area contributed by atoms with Gasteiger partial charge in [-0.05, 0) is 44.2 Å². The average molecular weight is 544 g/mol. The number of thioether (sulfide) groups is 1. The van der Waals surface area contributed by atoms with E-state index in [1.54, 1.807) is 6.26 Å². The Labute approximate surface area is 219 Å². The summed E-state index contributed by atoms with van der Waals surface area (Å²) in [6, 6.07) is -4.61. The number of hydrogen-bond acceptors (Lipinski definition) is 9. The summed E-state index contributed by atoms with van der Waals surface area (Å²) in [4.78, 5) is 68.1. The maximum absolute atomic E-state index is 13.1. The van der Waals surface area contributed by atoms with Gasteiger partial charge in [-0.1, -0.05) is 6.42 Å². The molecule has 15 heteroatoms. The molecule has 0 aromatic carbocycles. The first kappa shape index (κ1) is 31.9. The van der Waals surface area contributed by atoms with Crippen molar-refractivity contribution in [2.24, 2.45) is 11.5 Å². The van der Waals surface area contributed by atoms with E-state index in [9.17, 15) is 29.1 Å². The molecule has 4 unspecified atom stereocenters. The zero-order valence-electron chi connectivity index (χ0n) is 20.8. The monoisotopic (exact) mass is 543 g/mol. The minimum atomic E-state index is -1.28. The Kier molecular flexibility index (Phi) is 14.9. The molecule has 0 radical (unpaired) electrons. The highest BCUT2D eigenvalue weighted by atomic mass is 32.2. The zero-order chi connectivity index (χ0) is 27.8. The summed E-state index contributed by atoms with van der Waals surface area (Å²) in [6.45, 7) is 0.442. The molecular formula is C22H37N7O7S.